The van der Waals surface area contributed by atoms with Gasteiger partial charge in [-0.05, 0) is 29.2 Å². The standard InChI is InChI=1S/C32H28N4O3/c37-28(22-33-31(38)29(24-14-6-2-7-15-24)25-16-8-3-9-17-25)34-35-30-26-18-10-11-19-27(26)36(32(30)39)21-20-23-12-4-1-5-13-23/h1-19,29,39H,20-22H2,(H,33,38). The van der Waals surface area contributed by atoms with Gasteiger partial charge in [0.1, 0.15) is 6.54 Å². The molecule has 5 aromatic rings. The first kappa shape index (κ1) is 25.6. The van der Waals surface area contributed by atoms with Crippen molar-refractivity contribution >= 4 is 28.4 Å². The minimum Gasteiger partial charge on any atom is -0.493 e. The maximum atomic E-state index is 13.2. The van der Waals surface area contributed by atoms with E-state index in [0.717, 1.165) is 28.6 Å². The van der Waals surface area contributed by atoms with E-state index in [9.17, 15) is 14.7 Å². The van der Waals surface area contributed by atoms with Crippen LogP contribution in [0.1, 0.15) is 22.6 Å². The molecular weight excluding hydrogens is 488 g/mol. The van der Waals surface area contributed by atoms with Crippen LogP contribution in [0.4, 0.5) is 5.69 Å². The number of para-hydroxylation sites is 1. The minimum absolute atomic E-state index is 0.0547. The van der Waals surface area contributed by atoms with E-state index in [1.54, 1.807) is 4.57 Å². The molecule has 2 amide bonds. The van der Waals surface area contributed by atoms with Gasteiger partial charge < -0.3 is 15.0 Å². The van der Waals surface area contributed by atoms with Crippen molar-refractivity contribution in [3.8, 4) is 5.88 Å². The number of azo groups is 1. The Morgan fingerprint density at radius 3 is 1.97 bits per heavy atom. The van der Waals surface area contributed by atoms with Crippen molar-refractivity contribution in [3.05, 3.63) is 132 Å². The molecule has 0 fully saturated rings. The number of nitrogens with one attached hydrogen (secondary N) is 1. The highest BCUT2D eigenvalue weighted by molar-refractivity contribution is 5.95. The Labute approximate surface area is 226 Å². The van der Waals surface area contributed by atoms with Crippen molar-refractivity contribution < 1.29 is 14.7 Å². The Hall–Kier alpha value is -5.04. The van der Waals surface area contributed by atoms with Crippen LogP contribution in [0.2, 0.25) is 0 Å². The van der Waals surface area contributed by atoms with Crippen molar-refractivity contribution in [2.24, 2.45) is 10.2 Å². The van der Waals surface area contributed by atoms with Crippen LogP contribution in [0.3, 0.4) is 0 Å². The Balaban J connectivity index is 1.30. The van der Waals surface area contributed by atoms with E-state index in [1.807, 2.05) is 115 Å². The molecule has 0 aliphatic heterocycles. The predicted molar refractivity (Wildman–Crippen MR) is 151 cm³/mol. The van der Waals surface area contributed by atoms with E-state index < -0.39 is 11.8 Å². The third-order valence-electron chi connectivity index (χ3n) is 6.59. The molecule has 0 unspecified atom stereocenters. The molecule has 0 saturated heterocycles. The summed E-state index contributed by atoms with van der Waals surface area (Å²) in [6.07, 6.45) is 0.721. The molecule has 0 spiro atoms. The van der Waals surface area contributed by atoms with Crippen molar-refractivity contribution in [2.75, 3.05) is 6.54 Å². The first-order valence-corrected chi connectivity index (χ1v) is 12.8. The van der Waals surface area contributed by atoms with E-state index >= 15 is 0 Å². The summed E-state index contributed by atoms with van der Waals surface area (Å²) in [5.41, 5.74) is 3.82. The molecule has 0 aliphatic rings. The summed E-state index contributed by atoms with van der Waals surface area (Å²) in [6, 6.07) is 36.3. The van der Waals surface area contributed by atoms with Gasteiger partial charge in [-0.3, -0.25) is 9.59 Å². The lowest BCUT2D eigenvalue weighted by Gasteiger charge is -2.17. The topological polar surface area (TPSA) is 96.1 Å². The summed E-state index contributed by atoms with van der Waals surface area (Å²) < 4.78 is 1.77. The number of carbonyl (C=O) groups is 2. The van der Waals surface area contributed by atoms with Gasteiger partial charge in [0.2, 0.25) is 11.8 Å². The zero-order valence-corrected chi connectivity index (χ0v) is 21.3. The lowest BCUT2D eigenvalue weighted by Crippen LogP contribution is -2.33. The van der Waals surface area contributed by atoms with Gasteiger partial charge in [-0.1, -0.05) is 109 Å². The van der Waals surface area contributed by atoms with Gasteiger partial charge in [0.15, 0.2) is 5.69 Å². The smallest absolute Gasteiger partial charge is 0.283 e. The lowest BCUT2D eigenvalue weighted by molar-refractivity contribution is -0.125. The fourth-order valence-electron chi connectivity index (χ4n) is 4.67. The molecule has 0 radical (unpaired) electrons. The van der Waals surface area contributed by atoms with E-state index in [0.29, 0.717) is 11.9 Å². The predicted octanol–water partition coefficient (Wildman–Crippen LogP) is 6.15. The van der Waals surface area contributed by atoms with Gasteiger partial charge in [-0.15, -0.1) is 10.2 Å². The number of aromatic hydroxyl groups is 1. The van der Waals surface area contributed by atoms with E-state index in [2.05, 4.69) is 15.5 Å². The number of aromatic nitrogens is 1. The van der Waals surface area contributed by atoms with Gasteiger partial charge in [-0.25, -0.2) is 0 Å². The Kier molecular flexibility index (Phi) is 7.88. The number of nitrogens with zero attached hydrogens (tertiary/aromatic N) is 3. The normalized spacial score (nSPS) is 11.3. The first-order valence-electron chi connectivity index (χ1n) is 12.8. The molecule has 2 N–H and O–H groups in total. The Morgan fingerprint density at radius 2 is 1.33 bits per heavy atom. The van der Waals surface area contributed by atoms with Gasteiger partial charge in [0.05, 0.1) is 11.4 Å². The quantitative estimate of drug-likeness (QED) is 0.230. The van der Waals surface area contributed by atoms with E-state index in [-0.39, 0.29) is 24.0 Å². The fraction of sp³-hybridized carbons (Fsp3) is 0.125. The van der Waals surface area contributed by atoms with Gasteiger partial charge >= 0.3 is 0 Å². The third kappa shape index (κ3) is 5.93. The molecule has 1 aromatic heterocycles. The first-order chi connectivity index (χ1) is 19.1. The second kappa shape index (κ2) is 12.0. The monoisotopic (exact) mass is 516 g/mol. The summed E-state index contributed by atoms with van der Waals surface area (Å²) in [5.74, 6) is -1.55. The molecule has 194 valence electrons. The molecular formula is C32H28N4O3. The highest BCUT2D eigenvalue weighted by atomic mass is 16.3. The van der Waals surface area contributed by atoms with Crippen LogP contribution in [0.5, 0.6) is 5.88 Å². The van der Waals surface area contributed by atoms with Crippen LogP contribution in [-0.2, 0) is 22.6 Å². The number of benzene rings is 4. The molecule has 0 bridgehead atoms. The number of carbonyl (C=O) groups excluding carboxylic acids is 2. The van der Waals surface area contributed by atoms with Gasteiger partial charge in [0, 0.05) is 11.9 Å². The highest BCUT2D eigenvalue weighted by Crippen LogP contribution is 2.39. The fourth-order valence-corrected chi connectivity index (χ4v) is 4.67. The average molecular weight is 517 g/mol. The van der Waals surface area contributed by atoms with Crippen LogP contribution < -0.4 is 5.32 Å². The van der Waals surface area contributed by atoms with Crippen molar-refractivity contribution in [3.63, 3.8) is 0 Å². The number of rotatable bonds is 9. The van der Waals surface area contributed by atoms with Crippen LogP contribution >= 0.6 is 0 Å². The van der Waals surface area contributed by atoms with Gasteiger partial charge in [-0.2, -0.15) is 0 Å². The molecule has 4 aromatic carbocycles. The van der Waals surface area contributed by atoms with Crippen LogP contribution in [0, 0.1) is 0 Å². The molecule has 0 aliphatic carbocycles. The average Bonchev–Trinajstić information content (AvgIpc) is 3.25. The number of hydrogen-bond donors (Lipinski definition) is 2. The second-order valence-corrected chi connectivity index (χ2v) is 9.14. The molecule has 1 heterocycles. The van der Waals surface area contributed by atoms with Crippen LogP contribution in [0.15, 0.2) is 125 Å². The second-order valence-electron chi connectivity index (χ2n) is 9.14. The zero-order chi connectivity index (χ0) is 27.0. The third-order valence-corrected chi connectivity index (χ3v) is 6.59. The Bertz CT molecular complexity index is 1560. The molecule has 7 heteroatoms. The summed E-state index contributed by atoms with van der Waals surface area (Å²) in [5, 5.41) is 22.3. The molecule has 5 rings (SSSR count). The SMILES string of the molecule is O=C(CNC(=O)C(c1ccccc1)c1ccccc1)N=Nc1c(O)n(CCc2ccccc2)c2ccccc12. The van der Waals surface area contributed by atoms with Crippen LogP contribution in [-0.4, -0.2) is 28.0 Å². The lowest BCUT2D eigenvalue weighted by atomic mass is 9.90. The summed E-state index contributed by atoms with van der Waals surface area (Å²) in [6.45, 7) is 0.224. The molecule has 7 nitrogen and oxygen atoms in total. The van der Waals surface area contributed by atoms with Gasteiger partial charge in [0.25, 0.3) is 5.91 Å². The Morgan fingerprint density at radius 1 is 0.769 bits per heavy atom. The number of aryl methyl sites for hydroxylation is 2. The largest absolute Gasteiger partial charge is 0.493 e. The highest BCUT2D eigenvalue weighted by Gasteiger charge is 2.23. The zero-order valence-electron chi connectivity index (χ0n) is 21.3. The van der Waals surface area contributed by atoms with Crippen molar-refractivity contribution in [1.82, 2.24) is 9.88 Å². The van der Waals surface area contributed by atoms with Crippen molar-refractivity contribution in [1.29, 1.82) is 0 Å². The minimum atomic E-state index is -0.622. The maximum Gasteiger partial charge on any atom is 0.283 e. The van der Waals surface area contributed by atoms with Crippen molar-refractivity contribution in [2.45, 2.75) is 18.9 Å². The summed E-state index contributed by atoms with van der Waals surface area (Å²) in [4.78, 5) is 25.8. The maximum absolute atomic E-state index is 13.2. The van der Waals surface area contributed by atoms with E-state index in [1.165, 1.54) is 0 Å². The summed E-state index contributed by atoms with van der Waals surface area (Å²) >= 11 is 0. The summed E-state index contributed by atoms with van der Waals surface area (Å²) in [7, 11) is 0. The van der Waals surface area contributed by atoms with Crippen LogP contribution in [0.25, 0.3) is 10.9 Å². The number of hydrogen-bond acceptors (Lipinski definition) is 4. The molecule has 0 atom stereocenters. The number of fused-ring (bicyclic) bond motifs is 1. The molecule has 39 heavy (non-hydrogen) atoms. The molecule has 0 saturated carbocycles. The van der Waals surface area contributed by atoms with E-state index in [4.69, 9.17) is 0 Å². The number of amides is 2.